The molecule has 0 spiro atoms. The van der Waals surface area contributed by atoms with Gasteiger partial charge < -0.3 is 10.1 Å². The highest BCUT2D eigenvalue weighted by Crippen LogP contribution is 2.13. The molecule has 0 amide bonds. The zero-order valence-corrected chi connectivity index (χ0v) is 8.40. The molecule has 0 fully saturated rings. The van der Waals surface area contributed by atoms with Gasteiger partial charge in [0.1, 0.15) is 11.6 Å². The lowest BCUT2D eigenvalue weighted by molar-refractivity contribution is 0.414. The van der Waals surface area contributed by atoms with E-state index in [1.165, 1.54) is 0 Å². The number of hydrogen-bond acceptors (Lipinski definition) is 4. The number of rotatable bonds is 4. The van der Waals surface area contributed by atoms with Crippen LogP contribution in [0, 0.1) is 0 Å². The number of nitrogens with one attached hydrogen (secondary N) is 2. The van der Waals surface area contributed by atoms with Crippen molar-refractivity contribution in [2.24, 2.45) is 0 Å². The molecule has 0 atom stereocenters. The largest absolute Gasteiger partial charge is 0.497 e. The highest BCUT2D eigenvalue weighted by molar-refractivity contribution is 5.40. The molecular formula is C10H12N4O. The van der Waals surface area contributed by atoms with Crippen LogP contribution in [0.3, 0.4) is 0 Å². The molecule has 0 unspecified atom stereocenters. The molecule has 0 bridgehead atoms. The topological polar surface area (TPSA) is 62.8 Å². The summed E-state index contributed by atoms with van der Waals surface area (Å²) >= 11 is 0. The number of aromatic nitrogens is 3. The number of methoxy groups -OCH3 is 1. The molecule has 2 aromatic rings. The fraction of sp³-hybridized carbons (Fsp3) is 0.200. The van der Waals surface area contributed by atoms with Gasteiger partial charge in [0.15, 0.2) is 0 Å². The van der Waals surface area contributed by atoms with Gasteiger partial charge in [-0.1, -0.05) is 0 Å². The van der Waals surface area contributed by atoms with Gasteiger partial charge in [-0.25, -0.2) is 4.98 Å². The number of ether oxygens (including phenoxy) is 1. The second-order valence-electron chi connectivity index (χ2n) is 3.02. The summed E-state index contributed by atoms with van der Waals surface area (Å²) in [5.41, 5.74) is 1.01. The molecule has 0 saturated carbocycles. The smallest absolute Gasteiger partial charge is 0.129 e. The average Bonchev–Trinajstić information content (AvgIpc) is 2.79. The van der Waals surface area contributed by atoms with Crippen molar-refractivity contribution in [2.75, 3.05) is 12.4 Å². The maximum Gasteiger partial charge on any atom is 0.129 e. The predicted octanol–water partition coefficient (Wildman–Crippen LogP) is 1.43. The van der Waals surface area contributed by atoms with E-state index in [9.17, 15) is 0 Å². The Morgan fingerprint density at radius 2 is 2.33 bits per heavy atom. The second-order valence-corrected chi connectivity index (χ2v) is 3.02. The van der Waals surface area contributed by atoms with Gasteiger partial charge in [0.2, 0.25) is 0 Å². The minimum Gasteiger partial charge on any atom is -0.497 e. The molecular weight excluding hydrogens is 192 g/mol. The summed E-state index contributed by atoms with van der Waals surface area (Å²) in [5, 5.41) is 9.88. The summed E-state index contributed by atoms with van der Waals surface area (Å²) in [7, 11) is 1.63. The van der Waals surface area contributed by atoms with Crippen LogP contribution >= 0.6 is 0 Å². The first-order valence-electron chi connectivity index (χ1n) is 4.60. The first-order valence-corrected chi connectivity index (χ1v) is 4.60. The summed E-state index contributed by atoms with van der Waals surface area (Å²) in [5.74, 6) is 1.57. The Bertz CT molecular complexity index is 413. The highest BCUT2D eigenvalue weighted by atomic mass is 16.5. The van der Waals surface area contributed by atoms with Crippen molar-refractivity contribution in [3.05, 3.63) is 36.3 Å². The molecule has 0 aliphatic carbocycles. The van der Waals surface area contributed by atoms with Crippen molar-refractivity contribution in [3.63, 3.8) is 0 Å². The van der Waals surface area contributed by atoms with Gasteiger partial charge in [-0.15, -0.1) is 0 Å². The Hall–Kier alpha value is -2.04. The van der Waals surface area contributed by atoms with E-state index in [0.29, 0.717) is 6.54 Å². The molecule has 5 heteroatoms. The van der Waals surface area contributed by atoms with Gasteiger partial charge in [-0.3, -0.25) is 5.10 Å². The number of anilines is 1. The Balaban J connectivity index is 1.98. The van der Waals surface area contributed by atoms with Crippen molar-refractivity contribution >= 4 is 5.82 Å². The monoisotopic (exact) mass is 204 g/mol. The van der Waals surface area contributed by atoms with Gasteiger partial charge >= 0.3 is 0 Å². The molecule has 2 rings (SSSR count). The van der Waals surface area contributed by atoms with Gasteiger partial charge in [-0.05, 0) is 12.1 Å². The molecule has 0 saturated heterocycles. The summed E-state index contributed by atoms with van der Waals surface area (Å²) < 4.78 is 5.09. The van der Waals surface area contributed by atoms with Gasteiger partial charge in [-0.2, -0.15) is 5.10 Å². The third-order valence-corrected chi connectivity index (χ3v) is 1.99. The predicted molar refractivity (Wildman–Crippen MR) is 56.7 cm³/mol. The van der Waals surface area contributed by atoms with Gasteiger partial charge in [0, 0.05) is 18.5 Å². The molecule has 2 aromatic heterocycles. The minimum atomic E-state index is 0.667. The van der Waals surface area contributed by atoms with Gasteiger partial charge in [0.25, 0.3) is 0 Å². The third kappa shape index (κ3) is 2.46. The van der Waals surface area contributed by atoms with Crippen LogP contribution in [0.1, 0.15) is 5.69 Å². The van der Waals surface area contributed by atoms with E-state index in [4.69, 9.17) is 4.74 Å². The van der Waals surface area contributed by atoms with Crippen molar-refractivity contribution in [2.45, 2.75) is 6.54 Å². The van der Waals surface area contributed by atoms with E-state index in [0.717, 1.165) is 17.3 Å². The zero-order valence-electron chi connectivity index (χ0n) is 8.40. The highest BCUT2D eigenvalue weighted by Gasteiger charge is 1.97. The molecule has 0 radical (unpaired) electrons. The maximum atomic E-state index is 5.09. The minimum absolute atomic E-state index is 0.667. The Kier molecular flexibility index (Phi) is 2.82. The summed E-state index contributed by atoms with van der Waals surface area (Å²) in [4.78, 5) is 4.16. The first-order chi connectivity index (χ1) is 7.38. The molecule has 0 aliphatic heterocycles. The number of pyridine rings is 1. The lowest BCUT2D eigenvalue weighted by atomic mass is 10.4. The van der Waals surface area contributed by atoms with Crippen LogP contribution in [0.4, 0.5) is 5.82 Å². The summed E-state index contributed by atoms with van der Waals surface area (Å²) in [6.07, 6.45) is 3.42. The zero-order chi connectivity index (χ0) is 10.5. The molecule has 78 valence electrons. The molecule has 15 heavy (non-hydrogen) atoms. The molecule has 0 aliphatic rings. The van der Waals surface area contributed by atoms with Gasteiger partial charge in [0.05, 0.1) is 19.3 Å². The van der Waals surface area contributed by atoms with E-state index in [-0.39, 0.29) is 0 Å². The van der Waals surface area contributed by atoms with Crippen LogP contribution < -0.4 is 10.1 Å². The van der Waals surface area contributed by atoms with Crippen LogP contribution in [0.2, 0.25) is 0 Å². The van der Waals surface area contributed by atoms with Crippen LogP contribution in [0.25, 0.3) is 0 Å². The van der Waals surface area contributed by atoms with E-state index in [2.05, 4.69) is 20.5 Å². The Morgan fingerprint density at radius 1 is 1.40 bits per heavy atom. The normalized spacial score (nSPS) is 9.93. The quantitative estimate of drug-likeness (QED) is 0.790. The molecule has 2 heterocycles. The third-order valence-electron chi connectivity index (χ3n) is 1.99. The van der Waals surface area contributed by atoms with E-state index >= 15 is 0 Å². The summed E-state index contributed by atoms with van der Waals surface area (Å²) in [6.45, 7) is 0.667. The fourth-order valence-electron chi connectivity index (χ4n) is 1.20. The van der Waals surface area contributed by atoms with Crippen molar-refractivity contribution < 1.29 is 4.74 Å². The second kappa shape index (κ2) is 4.45. The van der Waals surface area contributed by atoms with E-state index in [1.807, 2.05) is 12.1 Å². The average molecular weight is 204 g/mol. The lowest BCUT2D eigenvalue weighted by Gasteiger charge is -2.05. The fourth-order valence-corrected chi connectivity index (χ4v) is 1.20. The van der Waals surface area contributed by atoms with Crippen molar-refractivity contribution in [1.82, 2.24) is 15.2 Å². The summed E-state index contributed by atoms with van der Waals surface area (Å²) in [6, 6.07) is 5.56. The van der Waals surface area contributed by atoms with E-state index in [1.54, 1.807) is 25.6 Å². The standard InChI is InChI=1S/C10H12N4O/c1-15-9-3-4-11-10(6-9)12-7-8-2-5-13-14-8/h2-6H,7H2,1H3,(H,11,12)(H,13,14). The number of nitrogens with zero attached hydrogens (tertiary/aromatic N) is 2. The SMILES string of the molecule is COc1ccnc(NCc2ccn[nH]2)c1. The van der Waals surface area contributed by atoms with Crippen LogP contribution in [-0.4, -0.2) is 22.3 Å². The maximum absolute atomic E-state index is 5.09. The molecule has 5 nitrogen and oxygen atoms in total. The van der Waals surface area contributed by atoms with Crippen LogP contribution in [0.15, 0.2) is 30.6 Å². The number of H-pyrrole nitrogens is 1. The van der Waals surface area contributed by atoms with Crippen molar-refractivity contribution in [1.29, 1.82) is 0 Å². The van der Waals surface area contributed by atoms with Crippen LogP contribution in [0.5, 0.6) is 5.75 Å². The van der Waals surface area contributed by atoms with E-state index < -0.39 is 0 Å². The van der Waals surface area contributed by atoms with Crippen LogP contribution in [-0.2, 0) is 6.54 Å². The molecule has 2 N–H and O–H groups in total. The lowest BCUT2D eigenvalue weighted by Crippen LogP contribution is -2.01. The molecule has 0 aromatic carbocycles. The number of hydrogen-bond donors (Lipinski definition) is 2. The van der Waals surface area contributed by atoms with Crippen molar-refractivity contribution in [3.8, 4) is 5.75 Å². The first kappa shape index (κ1) is 9.51. The Labute approximate surface area is 87.5 Å². The number of aromatic amines is 1. The Morgan fingerprint density at radius 3 is 3.07 bits per heavy atom.